The monoisotopic (exact) mass is 434 g/mol. The average Bonchev–Trinajstić information content (AvgIpc) is 2.84. The van der Waals surface area contributed by atoms with E-state index < -0.39 is 0 Å². The first-order valence-electron chi connectivity index (χ1n) is 12.8. The fourth-order valence-electron chi connectivity index (χ4n) is 2.88. The molecule has 0 heterocycles. The summed E-state index contributed by atoms with van der Waals surface area (Å²) >= 11 is 0. The normalized spacial score (nSPS) is 13.1. The first kappa shape index (κ1) is 36.7. The molecule has 1 aliphatic rings. The van der Waals surface area contributed by atoms with Crippen LogP contribution in [0.1, 0.15) is 131 Å². The lowest BCUT2D eigenvalue weighted by Gasteiger charge is -2.20. The topological polar surface area (TPSA) is 0 Å². The van der Waals surface area contributed by atoms with E-state index in [9.17, 15) is 4.39 Å². The van der Waals surface area contributed by atoms with Crippen molar-refractivity contribution in [1.82, 2.24) is 0 Å². The molecule has 0 atom stereocenters. The number of rotatable bonds is 3. The highest BCUT2D eigenvalue weighted by Gasteiger charge is 2.13. The van der Waals surface area contributed by atoms with Crippen molar-refractivity contribution in [3.63, 3.8) is 0 Å². The second-order valence-corrected chi connectivity index (χ2v) is 6.27. The molecule has 1 aliphatic carbocycles. The molecule has 0 amide bonds. The van der Waals surface area contributed by atoms with E-state index in [2.05, 4.69) is 37.4 Å². The minimum atomic E-state index is -0.120. The zero-order valence-electron chi connectivity index (χ0n) is 22.8. The molecule has 0 radical (unpaired) electrons. The quantitative estimate of drug-likeness (QED) is 0.415. The van der Waals surface area contributed by atoms with Crippen LogP contribution in [0.4, 0.5) is 4.39 Å². The molecule has 0 nitrogen and oxygen atoms in total. The Labute approximate surface area is 196 Å². The maximum atomic E-state index is 11.3. The molecule has 182 valence electrons. The second-order valence-electron chi connectivity index (χ2n) is 6.27. The van der Waals surface area contributed by atoms with E-state index in [0.717, 1.165) is 11.5 Å². The van der Waals surface area contributed by atoms with E-state index in [0.29, 0.717) is 0 Å². The molecule has 1 aromatic carbocycles. The van der Waals surface area contributed by atoms with Crippen molar-refractivity contribution in [2.24, 2.45) is 0 Å². The Morgan fingerprint density at radius 2 is 1.16 bits per heavy atom. The van der Waals surface area contributed by atoms with Crippen LogP contribution in [-0.4, -0.2) is 0 Å². The minimum Gasteiger partial charge on any atom is -0.213 e. The third kappa shape index (κ3) is 21.4. The Kier molecular flexibility index (Phi) is 36.2. The minimum absolute atomic E-state index is 0.120. The average molecular weight is 435 g/mol. The fourth-order valence-corrected chi connectivity index (χ4v) is 2.88. The van der Waals surface area contributed by atoms with Crippen LogP contribution in [0, 0.1) is 0 Å². The smallest absolute Gasteiger partial charge is 0.0926 e. The maximum Gasteiger partial charge on any atom is 0.0926 e. The van der Waals surface area contributed by atoms with Gasteiger partial charge in [0.25, 0.3) is 0 Å². The lowest BCUT2D eigenvalue weighted by molar-refractivity contribution is 0.455. The third-order valence-corrected chi connectivity index (χ3v) is 4.50. The zero-order valence-corrected chi connectivity index (χ0v) is 22.8. The molecule has 0 spiro atoms. The van der Waals surface area contributed by atoms with Gasteiger partial charge in [-0.05, 0) is 49.3 Å². The highest BCUT2D eigenvalue weighted by molar-refractivity contribution is 5.71. The van der Waals surface area contributed by atoms with Crippen molar-refractivity contribution in [1.29, 1.82) is 0 Å². The number of hydrogen-bond acceptors (Lipinski definition) is 0. The van der Waals surface area contributed by atoms with Gasteiger partial charge in [-0.25, -0.2) is 4.39 Å². The maximum absolute atomic E-state index is 11.3. The van der Waals surface area contributed by atoms with Crippen LogP contribution in [-0.2, 0) is 0 Å². The highest BCUT2D eigenvalue weighted by atomic mass is 19.1. The Hall–Kier alpha value is -1.63. The van der Waals surface area contributed by atoms with E-state index in [1.807, 2.05) is 61.5 Å². The van der Waals surface area contributed by atoms with E-state index >= 15 is 0 Å². The van der Waals surface area contributed by atoms with Crippen LogP contribution >= 0.6 is 0 Å². The van der Waals surface area contributed by atoms with Gasteiger partial charge < -0.3 is 0 Å². The molecular weight excluding hydrogens is 379 g/mol. The first-order chi connectivity index (χ1) is 15.1. The zero-order chi connectivity index (χ0) is 25.1. The van der Waals surface area contributed by atoms with Crippen molar-refractivity contribution in [3.05, 3.63) is 66.5 Å². The predicted molar refractivity (Wildman–Crippen MR) is 147 cm³/mol. The van der Waals surface area contributed by atoms with Gasteiger partial charge in [-0.15, -0.1) is 0 Å². The highest BCUT2D eigenvalue weighted by Crippen LogP contribution is 2.31. The Balaban J connectivity index is -0.000000237. The van der Waals surface area contributed by atoms with E-state index in [4.69, 9.17) is 0 Å². The lowest BCUT2D eigenvalue weighted by Crippen LogP contribution is -2.02. The lowest BCUT2D eigenvalue weighted by atomic mass is 9.85. The SMILES string of the molecule is C/C=C(\C)F.C=CC(=C)c1ccc(C2CCCCCCC2)cc1.CC.CC.CC.CC. The van der Waals surface area contributed by atoms with Gasteiger partial charge in [-0.1, -0.05) is 137 Å². The van der Waals surface area contributed by atoms with Gasteiger partial charge in [0.1, 0.15) is 0 Å². The standard InChI is InChI=1S/C18H24.C4H7F.4C2H6/c1-3-15(2)16-11-13-18(14-12-16)17-9-7-5-4-6-8-10-17;1-3-4(2)5;4*1-2/h3,11-14,17H,1-2,4-10H2;3H,1-2H3;4*1-2H3/b;4-3+;;;;. The van der Waals surface area contributed by atoms with E-state index in [1.165, 1.54) is 69.1 Å². The summed E-state index contributed by atoms with van der Waals surface area (Å²) < 4.78 is 11.3. The Morgan fingerprint density at radius 1 is 0.806 bits per heavy atom. The van der Waals surface area contributed by atoms with Crippen LogP contribution in [0.15, 0.2) is 55.4 Å². The largest absolute Gasteiger partial charge is 0.213 e. The molecular formula is C30H55F. The number of hydrogen-bond donors (Lipinski definition) is 0. The molecule has 0 unspecified atom stereocenters. The Bertz CT molecular complexity index is 496. The van der Waals surface area contributed by atoms with Crippen molar-refractivity contribution in [2.75, 3.05) is 0 Å². The number of benzene rings is 1. The van der Waals surface area contributed by atoms with Gasteiger partial charge in [0, 0.05) is 0 Å². The van der Waals surface area contributed by atoms with Crippen molar-refractivity contribution < 1.29 is 4.39 Å². The molecule has 0 saturated heterocycles. The summed E-state index contributed by atoms with van der Waals surface area (Å²) in [6, 6.07) is 8.96. The first-order valence-corrected chi connectivity index (χ1v) is 12.8. The summed E-state index contributed by atoms with van der Waals surface area (Å²) in [5.41, 5.74) is 3.72. The summed E-state index contributed by atoms with van der Waals surface area (Å²) in [7, 11) is 0. The van der Waals surface area contributed by atoms with Crippen LogP contribution in [0.3, 0.4) is 0 Å². The summed E-state index contributed by atoms with van der Waals surface area (Å²) in [5, 5.41) is 0. The van der Waals surface area contributed by atoms with Crippen molar-refractivity contribution >= 4 is 5.57 Å². The van der Waals surface area contributed by atoms with Gasteiger partial charge in [-0.2, -0.15) is 0 Å². The summed E-state index contributed by atoms with van der Waals surface area (Å²) in [6.07, 6.45) is 13.0. The van der Waals surface area contributed by atoms with E-state index in [1.54, 1.807) is 6.92 Å². The van der Waals surface area contributed by atoms with Crippen molar-refractivity contribution in [2.45, 2.75) is 120 Å². The molecule has 1 heteroatoms. The van der Waals surface area contributed by atoms with Crippen molar-refractivity contribution in [3.8, 4) is 0 Å². The molecule has 0 bridgehead atoms. The Morgan fingerprint density at radius 3 is 1.48 bits per heavy atom. The summed E-state index contributed by atoms with van der Waals surface area (Å²) in [4.78, 5) is 0. The molecule has 1 saturated carbocycles. The third-order valence-electron chi connectivity index (χ3n) is 4.50. The van der Waals surface area contributed by atoms with Gasteiger partial charge in [0.05, 0.1) is 5.83 Å². The predicted octanol–water partition coefficient (Wildman–Crippen LogP) is 11.7. The van der Waals surface area contributed by atoms with Gasteiger partial charge in [0.2, 0.25) is 0 Å². The summed E-state index contributed by atoms with van der Waals surface area (Å²) in [5.74, 6) is 0.654. The molecule has 0 N–H and O–H groups in total. The molecule has 0 aromatic heterocycles. The summed E-state index contributed by atoms with van der Waals surface area (Å²) in [6.45, 7) is 26.8. The van der Waals surface area contributed by atoms with Crippen LogP contribution in [0.25, 0.3) is 5.57 Å². The molecule has 1 aromatic rings. The van der Waals surface area contributed by atoms with Crippen LogP contribution in [0.5, 0.6) is 0 Å². The van der Waals surface area contributed by atoms with Gasteiger partial charge >= 0.3 is 0 Å². The molecule has 1 fully saturated rings. The van der Waals surface area contributed by atoms with Crippen LogP contribution < -0.4 is 0 Å². The molecule has 0 aliphatic heterocycles. The number of halogens is 1. The molecule has 2 rings (SSSR count). The number of allylic oxidation sites excluding steroid dienone is 4. The van der Waals surface area contributed by atoms with E-state index in [-0.39, 0.29) is 5.83 Å². The second kappa shape index (κ2) is 30.6. The van der Waals surface area contributed by atoms with Gasteiger partial charge in [-0.3, -0.25) is 0 Å². The molecule has 31 heavy (non-hydrogen) atoms. The van der Waals surface area contributed by atoms with Gasteiger partial charge in [0.15, 0.2) is 0 Å². The van der Waals surface area contributed by atoms with Crippen LogP contribution in [0.2, 0.25) is 0 Å². The fraction of sp³-hybridized carbons (Fsp3) is 0.600.